The van der Waals surface area contributed by atoms with Crippen LogP contribution < -0.4 is 10.9 Å². The number of hydrogen-bond acceptors (Lipinski definition) is 3. The fraction of sp³-hybridized carbons (Fsp3) is 0.348. The molecule has 1 heterocycles. The van der Waals surface area contributed by atoms with E-state index in [1.165, 1.54) is 10.2 Å². The third-order valence-electron chi connectivity index (χ3n) is 4.81. The van der Waals surface area contributed by atoms with Crippen LogP contribution in [-0.4, -0.2) is 15.7 Å². The summed E-state index contributed by atoms with van der Waals surface area (Å²) in [7, 11) is 0. The third kappa shape index (κ3) is 4.14. The highest BCUT2D eigenvalue weighted by Crippen LogP contribution is 2.19. The molecule has 0 saturated carbocycles. The van der Waals surface area contributed by atoms with Crippen molar-refractivity contribution in [3.63, 3.8) is 0 Å². The summed E-state index contributed by atoms with van der Waals surface area (Å²) in [5.41, 5.74) is 2.37. The molecule has 0 aliphatic carbocycles. The van der Waals surface area contributed by atoms with Gasteiger partial charge in [0.2, 0.25) is 0 Å². The van der Waals surface area contributed by atoms with Crippen LogP contribution in [0.15, 0.2) is 53.3 Å². The molecule has 0 radical (unpaired) electrons. The lowest BCUT2D eigenvalue weighted by Gasteiger charge is -2.19. The molecule has 5 heteroatoms. The molecule has 0 saturated heterocycles. The van der Waals surface area contributed by atoms with Gasteiger partial charge in [0.1, 0.15) is 0 Å². The van der Waals surface area contributed by atoms with E-state index in [-0.39, 0.29) is 23.4 Å². The van der Waals surface area contributed by atoms with Crippen molar-refractivity contribution in [3.05, 3.63) is 75.7 Å². The van der Waals surface area contributed by atoms with E-state index in [0.29, 0.717) is 23.0 Å². The molecule has 1 atom stereocenters. The Morgan fingerprint density at radius 3 is 2.32 bits per heavy atom. The lowest BCUT2D eigenvalue weighted by atomic mass is 10.0. The first-order valence-electron chi connectivity index (χ1n) is 9.78. The lowest BCUT2D eigenvalue weighted by Crippen LogP contribution is -2.33. The summed E-state index contributed by atoms with van der Waals surface area (Å²) in [4.78, 5) is 25.9. The van der Waals surface area contributed by atoms with Crippen LogP contribution in [0.5, 0.6) is 0 Å². The van der Waals surface area contributed by atoms with Crippen molar-refractivity contribution in [2.45, 2.75) is 46.7 Å². The average Bonchev–Trinajstić information content (AvgIpc) is 2.68. The molecule has 0 aliphatic heterocycles. The molecule has 28 heavy (non-hydrogen) atoms. The maximum atomic E-state index is 13.1. The van der Waals surface area contributed by atoms with Gasteiger partial charge in [0.05, 0.1) is 11.4 Å². The highest BCUT2D eigenvalue weighted by molar-refractivity contribution is 6.04. The number of rotatable bonds is 6. The number of aromatic nitrogens is 2. The molecule has 5 nitrogen and oxygen atoms in total. The zero-order valence-corrected chi connectivity index (χ0v) is 16.9. The number of carbonyl (C=O) groups is 1. The van der Waals surface area contributed by atoms with Crippen molar-refractivity contribution < 1.29 is 4.79 Å². The van der Waals surface area contributed by atoms with E-state index >= 15 is 0 Å². The minimum absolute atomic E-state index is 0.112. The van der Waals surface area contributed by atoms with Crippen LogP contribution in [0.1, 0.15) is 54.8 Å². The maximum Gasteiger partial charge on any atom is 0.274 e. The van der Waals surface area contributed by atoms with Gasteiger partial charge in [-0.05, 0) is 30.9 Å². The highest BCUT2D eigenvalue weighted by atomic mass is 16.2. The number of aryl methyl sites for hydroxylation is 1. The zero-order chi connectivity index (χ0) is 20.3. The summed E-state index contributed by atoms with van der Waals surface area (Å²) in [5.74, 6) is -0.0145. The summed E-state index contributed by atoms with van der Waals surface area (Å²) < 4.78 is 1.41. The molecular weight excluding hydrogens is 350 g/mol. The Kier molecular flexibility index (Phi) is 5.93. The number of hydrogen-bond donors (Lipinski definition) is 1. The summed E-state index contributed by atoms with van der Waals surface area (Å²) in [6.07, 6.45) is 0.762. The van der Waals surface area contributed by atoms with Gasteiger partial charge in [0.25, 0.3) is 11.5 Å². The Morgan fingerprint density at radius 2 is 1.71 bits per heavy atom. The number of benzene rings is 2. The minimum Gasteiger partial charge on any atom is -0.344 e. The van der Waals surface area contributed by atoms with E-state index in [0.717, 1.165) is 12.0 Å². The standard InChI is InChI=1S/C23H27N3O2/c1-5-20(17-12-10-16(4)11-13-17)24-22(27)21-18-8-6-7-9-19(18)23(28)26(25-21)14-15(2)3/h6-13,15,20H,5,14H2,1-4H3,(H,24,27)/t20-/m1/s1. The van der Waals surface area contributed by atoms with Gasteiger partial charge in [-0.1, -0.05) is 68.8 Å². The molecule has 0 spiro atoms. The van der Waals surface area contributed by atoms with E-state index in [9.17, 15) is 9.59 Å². The second-order valence-corrected chi connectivity index (χ2v) is 7.62. The van der Waals surface area contributed by atoms with Crippen LogP contribution in [0.25, 0.3) is 10.8 Å². The fourth-order valence-corrected chi connectivity index (χ4v) is 3.32. The average molecular weight is 377 g/mol. The zero-order valence-electron chi connectivity index (χ0n) is 16.9. The Bertz CT molecular complexity index is 1040. The van der Waals surface area contributed by atoms with Gasteiger partial charge in [-0.3, -0.25) is 9.59 Å². The van der Waals surface area contributed by atoms with Crippen molar-refractivity contribution in [1.82, 2.24) is 15.1 Å². The van der Waals surface area contributed by atoms with Crippen molar-refractivity contribution in [2.24, 2.45) is 5.92 Å². The number of nitrogens with zero attached hydrogens (tertiary/aromatic N) is 2. The topological polar surface area (TPSA) is 64.0 Å². The maximum absolute atomic E-state index is 13.1. The lowest BCUT2D eigenvalue weighted by molar-refractivity contribution is 0.0929. The second kappa shape index (κ2) is 8.38. The predicted molar refractivity (Wildman–Crippen MR) is 113 cm³/mol. The Labute approximate surface area is 165 Å². The summed E-state index contributed by atoms with van der Waals surface area (Å²) >= 11 is 0. The van der Waals surface area contributed by atoms with Crippen LogP contribution in [0.3, 0.4) is 0 Å². The molecule has 2 aromatic carbocycles. The molecule has 1 N–H and O–H groups in total. The highest BCUT2D eigenvalue weighted by Gasteiger charge is 2.20. The van der Waals surface area contributed by atoms with E-state index < -0.39 is 0 Å². The van der Waals surface area contributed by atoms with E-state index in [1.807, 2.05) is 64.1 Å². The van der Waals surface area contributed by atoms with E-state index in [1.54, 1.807) is 12.1 Å². The normalized spacial score (nSPS) is 12.3. The first-order valence-corrected chi connectivity index (χ1v) is 9.78. The molecule has 146 valence electrons. The third-order valence-corrected chi connectivity index (χ3v) is 4.81. The van der Waals surface area contributed by atoms with Crippen molar-refractivity contribution in [1.29, 1.82) is 0 Å². The molecule has 3 aromatic rings. The van der Waals surface area contributed by atoms with Crippen molar-refractivity contribution in [3.8, 4) is 0 Å². The number of carbonyl (C=O) groups excluding carboxylic acids is 1. The first-order chi connectivity index (χ1) is 13.4. The van der Waals surface area contributed by atoms with Gasteiger partial charge in [-0.25, -0.2) is 4.68 Å². The Hall–Kier alpha value is -2.95. The van der Waals surface area contributed by atoms with E-state index in [2.05, 4.69) is 10.4 Å². The molecule has 0 bridgehead atoms. The van der Waals surface area contributed by atoms with Crippen LogP contribution in [0, 0.1) is 12.8 Å². The van der Waals surface area contributed by atoms with Gasteiger partial charge in [0.15, 0.2) is 5.69 Å². The Morgan fingerprint density at radius 1 is 1.07 bits per heavy atom. The quantitative estimate of drug-likeness (QED) is 0.699. The number of amides is 1. The summed E-state index contributed by atoms with van der Waals surface area (Å²) in [5, 5.41) is 8.63. The Balaban J connectivity index is 2.01. The largest absolute Gasteiger partial charge is 0.344 e. The monoisotopic (exact) mass is 377 g/mol. The fourth-order valence-electron chi connectivity index (χ4n) is 3.32. The van der Waals surface area contributed by atoms with Gasteiger partial charge in [0, 0.05) is 11.9 Å². The molecule has 0 aliphatic rings. The van der Waals surface area contributed by atoms with Gasteiger partial charge < -0.3 is 5.32 Å². The molecular formula is C23H27N3O2. The predicted octanol–water partition coefficient (Wildman–Crippen LogP) is 4.24. The van der Waals surface area contributed by atoms with Crippen LogP contribution >= 0.6 is 0 Å². The first kappa shape index (κ1) is 19.8. The molecule has 0 unspecified atom stereocenters. The van der Waals surface area contributed by atoms with Crippen LogP contribution in [0.2, 0.25) is 0 Å². The number of nitrogens with one attached hydrogen (secondary N) is 1. The van der Waals surface area contributed by atoms with Gasteiger partial charge in [-0.15, -0.1) is 0 Å². The molecule has 1 aromatic heterocycles. The van der Waals surface area contributed by atoms with Crippen LogP contribution in [0.4, 0.5) is 0 Å². The van der Waals surface area contributed by atoms with Crippen molar-refractivity contribution >= 4 is 16.7 Å². The molecule has 1 amide bonds. The summed E-state index contributed by atoms with van der Waals surface area (Å²) in [6, 6.07) is 15.2. The molecule has 0 fully saturated rings. The summed E-state index contributed by atoms with van der Waals surface area (Å²) in [6.45, 7) is 8.59. The molecule has 3 rings (SSSR count). The minimum atomic E-state index is -0.263. The van der Waals surface area contributed by atoms with Crippen molar-refractivity contribution in [2.75, 3.05) is 0 Å². The van der Waals surface area contributed by atoms with Gasteiger partial charge in [-0.2, -0.15) is 5.10 Å². The second-order valence-electron chi connectivity index (χ2n) is 7.62. The van der Waals surface area contributed by atoms with Crippen LogP contribution in [-0.2, 0) is 6.54 Å². The number of fused-ring (bicyclic) bond motifs is 1. The smallest absolute Gasteiger partial charge is 0.274 e. The van der Waals surface area contributed by atoms with E-state index in [4.69, 9.17) is 0 Å². The SMILES string of the molecule is CC[C@@H](NC(=O)c1nn(CC(C)C)c(=O)c2ccccc12)c1ccc(C)cc1. The van der Waals surface area contributed by atoms with Gasteiger partial charge >= 0.3 is 0 Å².